The number of rotatable bonds is 3. The van der Waals surface area contributed by atoms with Crippen LogP contribution in [-0.4, -0.2) is 17.8 Å². The highest BCUT2D eigenvalue weighted by atomic mass is 15.1. The van der Waals surface area contributed by atoms with Gasteiger partial charge in [0.05, 0.1) is 0 Å². The van der Waals surface area contributed by atoms with Crippen LogP contribution < -0.4 is 0 Å². The SMILES string of the molecule is C=C1CC/C=C\N(C)/C(C(=C)/C=C\C=C/C)=N\1. The van der Waals surface area contributed by atoms with Gasteiger partial charge in [0.25, 0.3) is 0 Å². The van der Waals surface area contributed by atoms with E-state index in [9.17, 15) is 0 Å². The van der Waals surface area contributed by atoms with Gasteiger partial charge in [-0.25, -0.2) is 4.99 Å². The Balaban J connectivity index is 2.90. The smallest absolute Gasteiger partial charge is 0.139 e. The summed E-state index contributed by atoms with van der Waals surface area (Å²) in [5.41, 5.74) is 1.79. The van der Waals surface area contributed by atoms with Crippen LogP contribution in [0.4, 0.5) is 0 Å². The number of nitrogens with zero attached hydrogens (tertiary/aromatic N) is 2. The summed E-state index contributed by atoms with van der Waals surface area (Å²) in [6, 6.07) is 0. The van der Waals surface area contributed by atoms with Crippen LogP contribution in [0.1, 0.15) is 19.8 Å². The summed E-state index contributed by atoms with van der Waals surface area (Å²) in [6.07, 6.45) is 13.9. The first-order valence-corrected chi connectivity index (χ1v) is 5.79. The van der Waals surface area contributed by atoms with Crippen molar-refractivity contribution >= 4 is 5.84 Å². The summed E-state index contributed by atoms with van der Waals surface area (Å²) >= 11 is 0. The summed E-state index contributed by atoms with van der Waals surface area (Å²) in [4.78, 5) is 6.50. The van der Waals surface area contributed by atoms with Gasteiger partial charge in [0.1, 0.15) is 5.84 Å². The molecule has 0 unspecified atom stereocenters. The van der Waals surface area contributed by atoms with Gasteiger partial charge >= 0.3 is 0 Å². The number of aliphatic imine (C=N–C) groups is 1. The van der Waals surface area contributed by atoms with Crippen LogP contribution >= 0.6 is 0 Å². The Hall–Kier alpha value is -1.83. The first kappa shape index (κ1) is 13.2. The van der Waals surface area contributed by atoms with Gasteiger partial charge in [0.15, 0.2) is 0 Å². The molecule has 90 valence electrons. The number of hydrogen-bond acceptors (Lipinski definition) is 2. The minimum absolute atomic E-state index is 0.853. The highest BCUT2D eigenvalue weighted by Gasteiger charge is 2.08. The molecule has 17 heavy (non-hydrogen) atoms. The Labute approximate surface area is 104 Å². The maximum absolute atomic E-state index is 4.52. The van der Waals surface area contributed by atoms with Gasteiger partial charge in [-0.3, -0.25) is 0 Å². The van der Waals surface area contributed by atoms with Crippen molar-refractivity contribution in [2.45, 2.75) is 19.8 Å². The van der Waals surface area contributed by atoms with Crippen molar-refractivity contribution in [3.63, 3.8) is 0 Å². The lowest BCUT2D eigenvalue weighted by molar-refractivity contribution is 0.673. The maximum atomic E-state index is 4.52. The van der Waals surface area contributed by atoms with E-state index in [2.05, 4.69) is 24.2 Å². The first-order chi connectivity index (χ1) is 8.15. The number of hydrogen-bond donors (Lipinski definition) is 0. The fourth-order valence-electron chi connectivity index (χ4n) is 1.49. The Morgan fingerprint density at radius 2 is 2.24 bits per heavy atom. The van der Waals surface area contributed by atoms with E-state index >= 15 is 0 Å². The van der Waals surface area contributed by atoms with Gasteiger partial charge in [-0.1, -0.05) is 43.5 Å². The third-order valence-corrected chi connectivity index (χ3v) is 2.41. The molecule has 0 aromatic carbocycles. The predicted molar refractivity (Wildman–Crippen MR) is 75.8 cm³/mol. The quantitative estimate of drug-likeness (QED) is 0.670. The minimum atomic E-state index is 0.853. The lowest BCUT2D eigenvalue weighted by Crippen LogP contribution is -2.23. The molecule has 1 aliphatic heterocycles. The second kappa shape index (κ2) is 6.69. The molecule has 0 saturated carbocycles. The Morgan fingerprint density at radius 3 is 2.94 bits per heavy atom. The third kappa shape index (κ3) is 4.27. The average molecular weight is 228 g/mol. The van der Waals surface area contributed by atoms with E-state index in [0.717, 1.165) is 29.9 Å². The van der Waals surface area contributed by atoms with E-state index < -0.39 is 0 Å². The molecule has 1 rings (SSSR count). The van der Waals surface area contributed by atoms with Gasteiger partial charge in [-0.2, -0.15) is 0 Å². The van der Waals surface area contributed by atoms with Crippen molar-refractivity contribution in [3.8, 4) is 0 Å². The van der Waals surface area contributed by atoms with Crippen LogP contribution in [0, 0.1) is 0 Å². The Bertz CT molecular complexity index is 409. The Morgan fingerprint density at radius 1 is 1.47 bits per heavy atom. The van der Waals surface area contributed by atoms with Crippen LogP contribution in [0.5, 0.6) is 0 Å². The molecule has 0 saturated heterocycles. The Kier molecular flexibility index (Phi) is 5.21. The number of amidine groups is 1. The molecule has 0 bridgehead atoms. The van der Waals surface area contributed by atoms with Gasteiger partial charge in [0.2, 0.25) is 0 Å². The third-order valence-electron chi connectivity index (χ3n) is 2.41. The molecule has 0 aliphatic carbocycles. The minimum Gasteiger partial charge on any atom is -0.336 e. The summed E-state index contributed by atoms with van der Waals surface area (Å²) in [5.74, 6) is 0.853. The summed E-state index contributed by atoms with van der Waals surface area (Å²) in [7, 11) is 1.97. The van der Waals surface area contributed by atoms with E-state index in [1.54, 1.807) is 0 Å². The standard InChI is InChI=1S/C15H20N2/c1-5-6-7-10-13(2)15-16-14(3)11-8-9-12-17(15)4/h5-7,9-10,12H,2-3,8,11H2,1,4H3/b6-5-,10-7-,12-9-,16-15-. The molecule has 0 aromatic heterocycles. The van der Waals surface area contributed by atoms with Crippen molar-refractivity contribution in [3.05, 3.63) is 61.0 Å². The molecule has 0 atom stereocenters. The molecule has 0 aromatic rings. The van der Waals surface area contributed by atoms with Gasteiger partial charge in [-0.15, -0.1) is 0 Å². The van der Waals surface area contributed by atoms with Gasteiger partial charge in [0, 0.05) is 24.5 Å². The van der Waals surface area contributed by atoms with Crippen molar-refractivity contribution in [1.82, 2.24) is 4.90 Å². The average Bonchev–Trinajstić information content (AvgIpc) is 2.29. The summed E-state index contributed by atoms with van der Waals surface area (Å²) in [5, 5.41) is 0. The molecular formula is C15H20N2. The molecular weight excluding hydrogens is 208 g/mol. The number of likely N-dealkylation sites (N-methyl/N-ethyl adjacent to an activating group) is 1. The molecule has 0 radical (unpaired) electrons. The topological polar surface area (TPSA) is 15.6 Å². The van der Waals surface area contributed by atoms with Crippen molar-refractivity contribution < 1.29 is 0 Å². The monoisotopic (exact) mass is 228 g/mol. The van der Waals surface area contributed by atoms with Crippen LogP contribution in [0.15, 0.2) is 66.0 Å². The molecule has 0 fully saturated rings. The summed E-state index contributed by atoms with van der Waals surface area (Å²) < 4.78 is 0. The van der Waals surface area contributed by atoms with Gasteiger partial charge in [-0.05, 0) is 19.8 Å². The highest BCUT2D eigenvalue weighted by Crippen LogP contribution is 2.13. The van der Waals surface area contributed by atoms with E-state index in [4.69, 9.17) is 0 Å². The lowest BCUT2D eigenvalue weighted by atomic mass is 10.2. The molecule has 1 heterocycles. The van der Waals surface area contributed by atoms with Crippen LogP contribution in [0.3, 0.4) is 0 Å². The van der Waals surface area contributed by atoms with Gasteiger partial charge < -0.3 is 4.90 Å². The molecule has 2 heteroatoms. The molecule has 1 aliphatic rings. The van der Waals surface area contributed by atoms with E-state index in [-0.39, 0.29) is 0 Å². The maximum Gasteiger partial charge on any atom is 0.139 e. The predicted octanol–water partition coefficient (Wildman–Crippen LogP) is 3.83. The zero-order valence-electron chi connectivity index (χ0n) is 10.7. The van der Waals surface area contributed by atoms with Crippen molar-refractivity contribution in [2.24, 2.45) is 4.99 Å². The normalized spacial score (nSPS) is 22.4. The molecule has 0 N–H and O–H groups in total. The molecule has 0 amide bonds. The van der Waals surface area contributed by atoms with E-state index in [0.29, 0.717) is 0 Å². The van der Waals surface area contributed by atoms with Crippen molar-refractivity contribution in [2.75, 3.05) is 7.05 Å². The number of allylic oxidation sites excluding steroid dienone is 5. The first-order valence-electron chi connectivity index (χ1n) is 5.79. The second-order valence-corrected chi connectivity index (χ2v) is 3.95. The second-order valence-electron chi connectivity index (χ2n) is 3.95. The van der Waals surface area contributed by atoms with Crippen LogP contribution in [0.25, 0.3) is 0 Å². The lowest BCUT2D eigenvalue weighted by Gasteiger charge is -2.19. The largest absolute Gasteiger partial charge is 0.336 e. The summed E-state index contributed by atoms with van der Waals surface area (Å²) in [6.45, 7) is 9.97. The molecule has 0 spiro atoms. The zero-order chi connectivity index (χ0) is 12.7. The van der Waals surface area contributed by atoms with E-state index in [1.807, 2.05) is 49.4 Å². The van der Waals surface area contributed by atoms with Crippen LogP contribution in [0.2, 0.25) is 0 Å². The van der Waals surface area contributed by atoms with Crippen LogP contribution in [-0.2, 0) is 0 Å². The molecule has 2 nitrogen and oxygen atoms in total. The van der Waals surface area contributed by atoms with E-state index in [1.165, 1.54) is 0 Å². The highest BCUT2D eigenvalue weighted by molar-refractivity contribution is 6.01. The zero-order valence-corrected chi connectivity index (χ0v) is 10.7. The van der Waals surface area contributed by atoms with Crippen molar-refractivity contribution in [1.29, 1.82) is 0 Å². The fourth-order valence-corrected chi connectivity index (χ4v) is 1.49. The fraction of sp³-hybridized carbons (Fsp3) is 0.267.